The summed E-state index contributed by atoms with van der Waals surface area (Å²) >= 11 is 2.07. The zero-order valence-corrected chi connectivity index (χ0v) is 11.8. The van der Waals surface area contributed by atoms with Crippen LogP contribution in [0, 0.1) is 5.41 Å². The average molecular weight is 250 g/mol. The Morgan fingerprint density at radius 2 is 2.35 bits per heavy atom. The minimum absolute atomic E-state index is 0.392. The predicted molar refractivity (Wildman–Crippen MR) is 75.3 cm³/mol. The number of thioether (sulfide) groups is 1. The molecule has 1 aromatic heterocycles. The molecule has 0 aromatic carbocycles. The van der Waals surface area contributed by atoms with Crippen LogP contribution in [0.4, 0.5) is 0 Å². The standard InChI is InChI=1S/C14H22N2S/c1-11(12-5-4-6-15-8-12)16-13-7-14(2,3)10-17-9-13/h4-6,8,11,13,16H,7,9-10H2,1-3H3. The highest BCUT2D eigenvalue weighted by molar-refractivity contribution is 7.99. The van der Waals surface area contributed by atoms with E-state index in [9.17, 15) is 0 Å². The lowest BCUT2D eigenvalue weighted by Gasteiger charge is -2.36. The van der Waals surface area contributed by atoms with Crippen molar-refractivity contribution in [1.82, 2.24) is 10.3 Å². The van der Waals surface area contributed by atoms with Crippen LogP contribution in [0.3, 0.4) is 0 Å². The molecule has 1 fully saturated rings. The second-order valence-electron chi connectivity index (χ2n) is 5.76. The third kappa shape index (κ3) is 3.71. The van der Waals surface area contributed by atoms with Gasteiger partial charge in [0.15, 0.2) is 0 Å². The summed E-state index contributed by atoms with van der Waals surface area (Å²) < 4.78 is 0. The molecule has 1 saturated heterocycles. The van der Waals surface area contributed by atoms with E-state index in [-0.39, 0.29) is 0 Å². The van der Waals surface area contributed by atoms with E-state index in [2.05, 4.69) is 48.9 Å². The van der Waals surface area contributed by atoms with E-state index < -0.39 is 0 Å². The summed E-state index contributed by atoms with van der Waals surface area (Å²) in [7, 11) is 0. The molecule has 1 N–H and O–H groups in total. The maximum atomic E-state index is 4.18. The van der Waals surface area contributed by atoms with Gasteiger partial charge in [-0.05, 0) is 36.1 Å². The van der Waals surface area contributed by atoms with E-state index >= 15 is 0 Å². The third-order valence-corrected chi connectivity index (χ3v) is 4.90. The first-order chi connectivity index (χ1) is 8.07. The van der Waals surface area contributed by atoms with E-state index in [1.807, 2.05) is 18.5 Å². The van der Waals surface area contributed by atoms with Crippen molar-refractivity contribution in [3.63, 3.8) is 0 Å². The Labute approximate surface area is 109 Å². The van der Waals surface area contributed by atoms with Crippen LogP contribution < -0.4 is 5.32 Å². The first kappa shape index (κ1) is 12.9. The number of rotatable bonds is 3. The first-order valence-electron chi connectivity index (χ1n) is 6.30. The number of pyridine rings is 1. The van der Waals surface area contributed by atoms with Gasteiger partial charge in [-0.3, -0.25) is 4.98 Å². The van der Waals surface area contributed by atoms with Crippen molar-refractivity contribution in [2.24, 2.45) is 5.41 Å². The number of nitrogens with zero attached hydrogens (tertiary/aromatic N) is 1. The number of hydrogen-bond acceptors (Lipinski definition) is 3. The van der Waals surface area contributed by atoms with Crippen LogP contribution in [0.15, 0.2) is 24.5 Å². The molecule has 0 amide bonds. The molecule has 0 bridgehead atoms. The molecule has 1 aliphatic rings. The lowest BCUT2D eigenvalue weighted by atomic mass is 9.87. The normalized spacial score (nSPS) is 25.5. The van der Waals surface area contributed by atoms with Crippen LogP contribution in [0.1, 0.15) is 38.8 Å². The van der Waals surface area contributed by atoms with Gasteiger partial charge in [-0.1, -0.05) is 19.9 Å². The van der Waals surface area contributed by atoms with Gasteiger partial charge >= 0.3 is 0 Å². The highest BCUT2D eigenvalue weighted by atomic mass is 32.2. The molecule has 2 nitrogen and oxygen atoms in total. The second kappa shape index (κ2) is 5.40. The molecule has 2 atom stereocenters. The molecule has 94 valence electrons. The van der Waals surface area contributed by atoms with E-state index in [0.29, 0.717) is 17.5 Å². The topological polar surface area (TPSA) is 24.9 Å². The quantitative estimate of drug-likeness (QED) is 0.891. The fourth-order valence-electron chi connectivity index (χ4n) is 2.45. The third-order valence-electron chi connectivity index (χ3n) is 3.28. The van der Waals surface area contributed by atoms with Crippen molar-refractivity contribution in [3.8, 4) is 0 Å². The van der Waals surface area contributed by atoms with Gasteiger partial charge in [-0.2, -0.15) is 11.8 Å². The van der Waals surface area contributed by atoms with Gasteiger partial charge in [0.25, 0.3) is 0 Å². The molecular weight excluding hydrogens is 228 g/mol. The van der Waals surface area contributed by atoms with Crippen molar-refractivity contribution in [2.75, 3.05) is 11.5 Å². The number of nitrogens with one attached hydrogen (secondary N) is 1. The molecular formula is C14H22N2S. The lowest BCUT2D eigenvalue weighted by molar-refractivity contribution is 0.305. The van der Waals surface area contributed by atoms with Gasteiger partial charge < -0.3 is 5.32 Å². The highest BCUT2D eigenvalue weighted by Crippen LogP contribution is 2.34. The summed E-state index contributed by atoms with van der Waals surface area (Å²) in [6, 6.07) is 5.17. The summed E-state index contributed by atoms with van der Waals surface area (Å²) in [5, 5.41) is 3.73. The zero-order valence-electron chi connectivity index (χ0n) is 10.9. The van der Waals surface area contributed by atoms with Gasteiger partial charge in [-0.25, -0.2) is 0 Å². The molecule has 3 heteroatoms. The van der Waals surface area contributed by atoms with E-state index in [4.69, 9.17) is 0 Å². The first-order valence-corrected chi connectivity index (χ1v) is 7.46. The van der Waals surface area contributed by atoms with Gasteiger partial charge in [-0.15, -0.1) is 0 Å². The second-order valence-corrected chi connectivity index (χ2v) is 6.79. The highest BCUT2D eigenvalue weighted by Gasteiger charge is 2.29. The largest absolute Gasteiger partial charge is 0.307 e. The van der Waals surface area contributed by atoms with Crippen molar-refractivity contribution in [2.45, 2.75) is 39.3 Å². The monoisotopic (exact) mass is 250 g/mol. The Morgan fingerprint density at radius 1 is 1.53 bits per heavy atom. The number of hydrogen-bond donors (Lipinski definition) is 1. The van der Waals surface area contributed by atoms with E-state index in [0.717, 1.165) is 0 Å². The summed E-state index contributed by atoms with van der Waals surface area (Å²) in [5.41, 5.74) is 1.75. The van der Waals surface area contributed by atoms with Crippen LogP contribution in [0.2, 0.25) is 0 Å². The van der Waals surface area contributed by atoms with Crippen LogP contribution in [-0.2, 0) is 0 Å². The van der Waals surface area contributed by atoms with Crippen LogP contribution >= 0.6 is 11.8 Å². The Balaban J connectivity index is 1.93. The Morgan fingerprint density at radius 3 is 3.00 bits per heavy atom. The van der Waals surface area contributed by atoms with Crippen LogP contribution in [0.25, 0.3) is 0 Å². The molecule has 2 unspecified atom stereocenters. The molecule has 1 aromatic rings. The predicted octanol–water partition coefficient (Wildman–Crippen LogP) is 3.26. The van der Waals surface area contributed by atoms with Crippen molar-refractivity contribution in [3.05, 3.63) is 30.1 Å². The minimum atomic E-state index is 0.392. The Bertz CT molecular complexity index is 350. The summed E-state index contributed by atoms with van der Waals surface area (Å²) in [4.78, 5) is 4.18. The SMILES string of the molecule is CC(NC1CSCC(C)(C)C1)c1cccnc1. The molecule has 1 aliphatic heterocycles. The van der Waals surface area contributed by atoms with Crippen molar-refractivity contribution < 1.29 is 0 Å². The number of aromatic nitrogens is 1. The minimum Gasteiger partial charge on any atom is -0.307 e. The molecule has 0 spiro atoms. The lowest BCUT2D eigenvalue weighted by Crippen LogP contribution is -2.41. The van der Waals surface area contributed by atoms with E-state index in [1.54, 1.807) is 0 Å². The Kier molecular flexibility index (Phi) is 4.10. The smallest absolute Gasteiger partial charge is 0.0315 e. The summed E-state index contributed by atoms with van der Waals surface area (Å²) in [5.74, 6) is 2.51. The maximum absolute atomic E-state index is 4.18. The van der Waals surface area contributed by atoms with Crippen molar-refractivity contribution in [1.29, 1.82) is 0 Å². The fourth-order valence-corrected chi connectivity index (χ4v) is 3.74. The average Bonchev–Trinajstić information content (AvgIpc) is 2.29. The van der Waals surface area contributed by atoms with Crippen molar-refractivity contribution >= 4 is 11.8 Å². The summed E-state index contributed by atoms with van der Waals surface area (Å²) in [6.07, 6.45) is 5.05. The molecule has 2 heterocycles. The molecule has 0 saturated carbocycles. The van der Waals surface area contributed by atoms with Crippen LogP contribution in [-0.4, -0.2) is 22.5 Å². The van der Waals surface area contributed by atoms with Crippen LogP contribution in [0.5, 0.6) is 0 Å². The van der Waals surface area contributed by atoms with Gasteiger partial charge in [0.05, 0.1) is 0 Å². The zero-order chi connectivity index (χ0) is 12.3. The summed E-state index contributed by atoms with van der Waals surface area (Å²) in [6.45, 7) is 6.95. The fraction of sp³-hybridized carbons (Fsp3) is 0.643. The Hall–Kier alpha value is -0.540. The maximum Gasteiger partial charge on any atom is 0.0315 e. The molecule has 0 aliphatic carbocycles. The van der Waals surface area contributed by atoms with Gasteiger partial charge in [0, 0.05) is 30.2 Å². The van der Waals surface area contributed by atoms with Gasteiger partial charge in [0.1, 0.15) is 0 Å². The van der Waals surface area contributed by atoms with E-state index in [1.165, 1.54) is 23.5 Å². The molecule has 0 radical (unpaired) electrons. The molecule has 2 rings (SSSR count). The molecule has 17 heavy (non-hydrogen) atoms. The van der Waals surface area contributed by atoms with Gasteiger partial charge in [0.2, 0.25) is 0 Å².